The van der Waals surface area contributed by atoms with E-state index in [1.807, 2.05) is 25.1 Å². The van der Waals surface area contributed by atoms with Crippen LogP contribution in [0.4, 0.5) is 10.5 Å². The summed E-state index contributed by atoms with van der Waals surface area (Å²) in [6.45, 7) is 4.99. The molecule has 1 unspecified atom stereocenters. The van der Waals surface area contributed by atoms with Gasteiger partial charge in [-0.15, -0.1) is 0 Å². The van der Waals surface area contributed by atoms with Gasteiger partial charge in [-0.25, -0.2) is 4.79 Å². The number of anilines is 1. The number of rotatable bonds is 4. The molecule has 0 radical (unpaired) electrons. The predicted octanol–water partition coefficient (Wildman–Crippen LogP) is 3.79. The molecule has 0 bridgehead atoms. The zero-order valence-electron chi connectivity index (χ0n) is 15.3. The SMILES string of the molecule is CCNC(=O)Nc1ccc2c(c1)CN(Cc1ccc(Cl)cc1)C(=O)C(C)O2. The molecule has 6 nitrogen and oxygen atoms in total. The van der Waals surface area contributed by atoms with Gasteiger partial charge in [-0.3, -0.25) is 4.79 Å². The molecule has 1 heterocycles. The molecule has 2 aromatic carbocycles. The fourth-order valence-corrected chi connectivity index (χ4v) is 3.08. The van der Waals surface area contributed by atoms with Crippen LogP contribution in [0.1, 0.15) is 25.0 Å². The highest BCUT2D eigenvalue weighted by molar-refractivity contribution is 6.30. The fourth-order valence-electron chi connectivity index (χ4n) is 2.96. The van der Waals surface area contributed by atoms with E-state index in [9.17, 15) is 9.59 Å². The van der Waals surface area contributed by atoms with Gasteiger partial charge in [0.1, 0.15) is 5.75 Å². The second-order valence-electron chi connectivity index (χ2n) is 6.39. The van der Waals surface area contributed by atoms with E-state index in [4.69, 9.17) is 16.3 Å². The largest absolute Gasteiger partial charge is 0.481 e. The van der Waals surface area contributed by atoms with Crippen LogP contribution in [0.25, 0.3) is 0 Å². The minimum Gasteiger partial charge on any atom is -0.481 e. The van der Waals surface area contributed by atoms with Gasteiger partial charge in [0, 0.05) is 35.9 Å². The average Bonchev–Trinajstić information content (AvgIpc) is 2.74. The molecule has 0 spiro atoms. The Labute approximate surface area is 163 Å². The number of fused-ring (bicyclic) bond motifs is 1. The molecule has 0 fully saturated rings. The van der Waals surface area contributed by atoms with Gasteiger partial charge in [0.2, 0.25) is 0 Å². The summed E-state index contributed by atoms with van der Waals surface area (Å²) in [5.41, 5.74) is 2.48. The zero-order chi connectivity index (χ0) is 19.4. The van der Waals surface area contributed by atoms with Crippen molar-refractivity contribution in [2.45, 2.75) is 33.0 Å². The van der Waals surface area contributed by atoms with E-state index in [-0.39, 0.29) is 11.9 Å². The number of carbonyl (C=O) groups excluding carboxylic acids is 2. The van der Waals surface area contributed by atoms with Crippen molar-refractivity contribution >= 4 is 29.2 Å². The number of carbonyl (C=O) groups is 2. The molecule has 0 aliphatic carbocycles. The van der Waals surface area contributed by atoms with E-state index in [2.05, 4.69) is 10.6 Å². The minimum absolute atomic E-state index is 0.0839. The molecule has 7 heteroatoms. The van der Waals surface area contributed by atoms with Crippen LogP contribution < -0.4 is 15.4 Å². The lowest BCUT2D eigenvalue weighted by molar-refractivity contribution is -0.138. The van der Waals surface area contributed by atoms with Crippen LogP contribution in [0.2, 0.25) is 5.02 Å². The van der Waals surface area contributed by atoms with Crippen molar-refractivity contribution in [3.63, 3.8) is 0 Å². The summed E-state index contributed by atoms with van der Waals surface area (Å²) in [4.78, 5) is 26.2. The number of amides is 3. The number of benzene rings is 2. The molecule has 1 aliphatic rings. The summed E-state index contributed by atoms with van der Waals surface area (Å²) < 4.78 is 5.82. The Bertz CT molecular complexity index is 839. The highest BCUT2D eigenvalue weighted by Gasteiger charge is 2.28. The van der Waals surface area contributed by atoms with Crippen molar-refractivity contribution in [1.29, 1.82) is 0 Å². The normalized spacial score (nSPS) is 16.2. The summed E-state index contributed by atoms with van der Waals surface area (Å²) in [6, 6.07) is 12.5. The van der Waals surface area contributed by atoms with Crippen LogP contribution in [0.5, 0.6) is 5.75 Å². The van der Waals surface area contributed by atoms with Crippen LogP contribution >= 0.6 is 11.6 Å². The maximum absolute atomic E-state index is 12.7. The molecule has 142 valence electrons. The Kier molecular flexibility index (Phi) is 5.86. The third-order valence-electron chi connectivity index (χ3n) is 4.27. The first-order valence-electron chi connectivity index (χ1n) is 8.84. The number of urea groups is 1. The van der Waals surface area contributed by atoms with Gasteiger partial charge < -0.3 is 20.3 Å². The Hall–Kier alpha value is -2.73. The van der Waals surface area contributed by atoms with Crippen molar-refractivity contribution in [2.24, 2.45) is 0 Å². The molecule has 3 rings (SSSR count). The molecule has 2 N–H and O–H groups in total. The van der Waals surface area contributed by atoms with E-state index in [0.717, 1.165) is 11.1 Å². The maximum Gasteiger partial charge on any atom is 0.319 e. The van der Waals surface area contributed by atoms with E-state index in [0.29, 0.717) is 36.1 Å². The van der Waals surface area contributed by atoms with Crippen LogP contribution in [-0.2, 0) is 17.9 Å². The van der Waals surface area contributed by atoms with Gasteiger partial charge in [-0.2, -0.15) is 0 Å². The lowest BCUT2D eigenvalue weighted by Gasteiger charge is -2.22. The third-order valence-corrected chi connectivity index (χ3v) is 4.52. The lowest BCUT2D eigenvalue weighted by atomic mass is 10.1. The fraction of sp³-hybridized carbons (Fsp3) is 0.300. The van der Waals surface area contributed by atoms with Gasteiger partial charge in [0.25, 0.3) is 5.91 Å². The lowest BCUT2D eigenvalue weighted by Crippen LogP contribution is -2.37. The molecular formula is C20H22ClN3O3. The van der Waals surface area contributed by atoms with Gasteiger partial charge in [-0.1, -0.05) is 23.7 Å². The Morgan fingerprint density at radius 2 is 2.00 bits per heavy atom. The van der Waals surface area contributed by atoms with E-state index in [1.54, 1.807) is 36.1 Å². The molecular weight excluding hydrogens is 366 g/mol. The first kappa shape index (κ1) is 19.0. The van der Waals surface area contributed by atoms with E-state index < -0.39 is 6.10 Å². The van der Waals surface area contributed by atoms with Crippen molar-refractivity contribution < 1.29 is 14.3 Å². The first-order valence-corrected chi connectivity index (χ1v) is 9.21. The summed E-state index contributed by atoms with van der Waals surface area (Å²) in [5, 5.41) is 6.13. The molecule has 0 aromatic heterocycles. The maximum atomic E-state index is 12.7. The average molecular weight is 388 g/mol. The molecule has 3 amide bonds. The Morgan fingerprint density at radius 3 is 2.70 bits per heavy atom. The number of nitrogens with one attached hydrogen (secondary N) is 2. The molecule has 27 heavy (non-hydrogen) atoms. The zero-order valence-corrected chi connectivity index (χ0v) is 16.0. The van der Waals surface area contributed by atoms with Crippen LogP contribution in [0.15, 0.2) is 42.5 Å². The number of hydrogen-bond acceptors (Lipinski definition) is 3. The van der Waals surface area contributed by atoms with Crippen molar-refractivity contribution in [2.75, 3.05) is 11.9 Å². The third kappa shape index (κ3) is 4.71. The molecule has 2 aromatic rings. The highest BCUT2D eigenvalue weighted by Crippen LogP contribution is 2.29. The second-order valence-corrected chi connectivity index (χ2v) is 6.82. The van der Waals surface area contributed by atoms with Crippen LogP contribution in [0, 0.1) is 0 Å². The van der Waals surface area contributed by atoms with Crippen LogP contribution in [0.3, 0.4) is 0 Å². The summed E-state index contributed by atoms with van der Waals surface area (Å²) in [7, 11) is 0. The van der Waals surface area contributed by atoms with Crippen molar-refractivity contribution in [3.05, 3.63) is 58.6 Å². The van der Waals surface area contributed by atoms with Gasteiger partial charge in [0.15, 0.2) is 6.10 Å². The summed E-state index contributed by atoms with van der Waals surface area (Å²) in [6.07, 6.45) is -0.583. The van der Waals surface area contributed by atoms with Gasteiger partial charge in [-0.05, 0) is 49.7 Å². The number of hydrogen-bond donors (Lipinski definition) is 2. The quantitative estimate of drug-likeness (QED) is 0.838. The van der Waals surface area contributed by atoms with Crippen molar-refractivity contribution in [3.8, 4) is 5.75 Å². The Balaban J connectivity index is 1.83. The monoisotopic (exact) mass is 387 g/mol. The van der Waals surface area contributed by atoms with E-state index in [1.165, 1.54) is 0 Å². The number of nitrogens with zero attached hydrogens (tertiary/aromatic N) is 1. The molecule has 0 saturated heterocycles. The molecule has 1 aliphatic heterocycles. The molecule has 1 atom stereocenters. The second kappa shape index (κ2) is 8.31. The van der Waals surface area contributed by atoms with Crippen molar-refractivity contribution in [1.82, 2.24) is 10.2 Å². The topological polar surface area (TPSA) is 70.7 Å². The van der Waals surface area contributed by atoms with Gasteiger partial charge >= 0.3 is 6.03 Å². The Morgan fingerprint density at radius 1 is 1.26 bits per heavy atom. The smallest absolute Gasteiger partial charge is 0.319 e. The number of ether oxygens (including phenoxy) is 1. The number of halogens is 1. The summed E-state index contributed by atoms with van der Waals surface area (Å²) >= 11 is 5.94. The molecule has 0 saturated carbocycles. The highest BCUT2D eigenvalue weighted by atomic mass is 35.5. The van der Waals surface area contributed by atoms with Gasteiger partial charge in [0.05, 0.1) is 0 Å². The van der Waals surface area contributed by atoms with Crippen LogP contribution in [-0.4, -0.2) is 29.5 Å². The van der Waals surface area contributed by atoms with E-state index >= 15 is 0 Å². The summed E-state index contributed by atoms with van der Waals surface area (Å²) in [5.74, 6) is 0.565. The standard InChI is InChI=1S/C20H22ClN3O3/c1-3-22-20(26)23-17-8-9-18-15(10-17)12-24(19(25)13(2)27-18)11-14-4-6-16(21)7-5-14/h4-10,13H,3,11-12H2,1-2H3,(H2,22,23,26). The predicted molar refractivity (Wildman–Crippen MR) is 105 cm³/mol. The minimum atomic E-state index is -0.583. The first-order chi connectivity index (χ1) is 13.0.